The average Bonchev–Trinajstić information content (AvgIpc) is 2.83. The Kier molecular flexibility index (Phi) is 7.03. The SMILES string of the molecule is CN(C(=O)Nc1ccc(F)c(C(F)F)c1)[C@H]1COCc2nc(OCCO)c3cc(F)c(F)cc3c21. The predicted molar refractivity (Wildman–Crippen MR) is 115 cm³/mol. The maximum atomic E-state index is 14.2. The van der Waals surface area contributed by atoms with Gasteiger partial charge in [0.2, 0.25) is 5.88 Å². The van der Waals surface area contributed by atoms with Crippen molar-refractivity contribution in [2.75, 3.05) is 32.2 Å². The first-order chi connectivity index (χ1) is 16.7. The molecule has 1 aromatic heterocycles. The summed E-state index contributed by atoms with van der Waals surface area (Å²) in [5.74, 6) is -3.39. The van der Waals surface area contributed by atoms with Crippen LogP contribution < -0.4 is 10.1 Å². The van der Waals surface area contributed by atoms with Gasteiger partial charge in [0.25, 0.3) is 6.43 Å². The molecule has 0 fully saturated rings. The summed E-state index contributed by atoms with van der Waals surface area (Å²) in [4.78, 5) is 18.5. The number of benzene rings is 2. The first kappa shape index (κ1) is 24.6. The molecule has 2 N–H and O–H groups in total. The summed E-state index contributed by atoms with van der Waals surface area (Å²) >= 11 is 0. The monoisotopic (exact) mass is 497 g/mol. The standard InChI is InChI=1S/C23H20F5N3O4/c1-31(23(33)29-11-2-3-15(24)14(6-11)21(27)28)19-10-34-9-18-20(19)12-7-16(25)17(26)8-13(12)22(30-18)35-5-4-32/h2-3,6-8,19,21,32H,4-5,9-10H2,1H3,(H,29,33)/t19-/m0/s1. The second kappa shape index (κ2) is 10.0. The fourth-order valence-corrected chi connectivity index (χ4v) is 3.88. The highest BCUT2D eigenvalue weighted by molar-refractivity contribution is 5.93. The number of nitrogens with one attached hydrogen (secondary N) is 1. The van der Waals surface area contributed by atoms with E-state index in [1.807, 2.05) is 0 Å². The number of aliphatic hydroxyl groups is 1. The molecular formula is C23H20F5N3O4. The molecule has 0 saturated heterocycles. The van der Waals surface area contributed by atoms with Gasteiger partial charge in [-0.25, -0.2) is 31.7 Å². The van der Waals surface area contributed by atoms with Crippen molar-refractivity contribution in [1.82, 2.24) is 9.88 Å². The van der Waals surface area contributed by atoms with Crippen molar-refractivity contribution in [3.8, 4) is 5.88 Å². The second-order valence-corrected chi connectivity index (χ2v) is 7.77. The second-order valence-electron chi connectivity index (χ2n) is 7.77. The molecule has 12 heteroatoms. The molecule has 1 aliphatic rings. The molecule has 0 radical (unpaired) electrons. The zero-order chi connectivity index (χ0) is 25.3. The number of likely N-dealkylation sites (N-methyl/N-ethyl adjacent to an activating group) is 1. The number of aliphatic hydroxyl groups excluding tert-OH is 1. The lowest BCUT2D eigenvalue weighted by atomic mass is 9.95. The zero-order valence-corrected chi connectivity index (χ0v) is 18.3. The van der Waals surface area contributed by atoms with Gasteiger partial charge in [0.15, 0.2) is 11.6 Å². The van der Waals surface area contributed by atoms with Crippen LogP contribution in [0.5, 0.6) is 5.88 Å². The number of hydrogen-bond donors (Lipinski definition) is 2. The van der Waals surface area contributed by atoms with Crippen LogP contribution in [0, 0.1) is 17.5 Å². The molecule has 7 nitrogen and oxygen atoms in total. The van der Waals surface area contributed by atoms with Crippen LogP contribution in [-0.2, 0) is 11.3 Å². The van der Waals surface area contributed by atoms with E-state index in [1.54, 1.807) is 0 Å². The van der Waals surface area contributed by atoms with E-state index in [4.69, 9.17) is 14.6 Å². The third-order valence-corrected chi connectivity index (χ3v) is 5.58. The molecule has 2 aromatic carbocycles. The highest BCUT2D eigenvalue weighted by Gasteiger charge is 2.32. The van der Waals surface area contributed by atoms with Gasteiger partial charge in [0.05, 0.1) is 37.1 Å². The smallest absolute Gasteiger partial charge is 0.322 e. The number of hydrogen-bond acceptors (Lipinski definition) is 5. The molecule has 0 unspecified atom stereocenters. The van der Waals surface area contributed by atoms with Crippen molar-refractivity contribution in [3.63, 3.8) is 0 Å². The minimum Gasteiger partial charge on any atom is -0.475 e. The number of urea groups is 1. The summed E-state index contributed by atoms with van der Waals surface area (Å²) in [5.41, 5.74) is -0.208. The van der Waals surface area contributed by atoms with Gasteiger partial charge in [-0.2, -0.15) is 0 Å². The van der Waals surface area contributed by atoms with Crippen LogP contribution in [0.15, 0.2) is 30.3 Å². The first-order valence-corrected chi connectivity index (χ1v) is 10.5. The fourth-order valence-electron chi connectivity index (χ4n) is 3.88. The largest absolute Gasteiger partial charge is 0.475 e. The lowest BCUT2D eigenvalue weighted by Crippen LogP contribution is -2.39. The number of anilines is 1. The number of fused-ring (bicyclic) bond motifs is 3. The van der Waals surface area contributed by atoms with E-state index in [1.165, 1.54) is 11.9 Å². The number of rotatable bonds is 6. The molecule has 3 aromatic rings. The predicted octanol–water partition coefficient (Wildman–Crippen LogP) is 4.70. The summed E-state index contributed by atoms with van der Waals surface area (Å²) in [6.45, 7) is -0.482. The van der Waals surface area contributed by atoms with Gasteiger partial charge < -0.3 is 24.8 Å². The maximum Gasteiger partial charge on any atom is 0.322 e. The van der Waals surface area contributed by atoms with E-state index < -0.39 is 41.5 Å². The van der Waals surface area contributed by atoms with Gasteiger partial charge in [0.1, 0.15) is 12.4 Å². The van der Waals surface area contributed by atoms with E-state index in [0.29, 0.717) is 11.3 Å². The molecule has 0 aliphatic carbocycles. The Labute approximate surface area is 196 Å². The lowest BCUT2D eigenvalue weighted by Gasteiger charge is -2.34. The van der Waals surface area contributed by atoms with Crippen molar-refractivity contribution < 1.29 is 41.3 Å². The number of alkyl halides is 2. The number of amides is 2. The normalized spacial score (nSPS) is 15.3. The molecule has 1 atom stereocenters. The maximum absolute atomic E-state index is 14.2. The van der Waals surface area contributed by atoms with Gasteiger partial charge in [-0.3, -0.25) is 0 Å². The van der Waals surface area contributed by atoms with E-state index in [2.05, 4.69) is 10.3 Å². The molecule has 0 bridgehead atoms. The number of pyridine rings is 1. The molecule has 186 valence electrons. The summed E-state index contributed by atoms with van der Waals surface area (Å²) in [7, 11) is 1.40. The van der Waals surface area contributed by atoms with Crippen LogP contribution in [0.3, 0.4) is 0 Å². The molecule has 0 spiro atoms. The summed E-state index contributed by atoms with van der Waals surface area (Å²) < 4.78 is 78.8. The number of aromatic nitrogens is 1. The fraction of sp³-hybridized carbons (Fsp3) is 0.304. The van der Waals surface area contributed by atoms with Crippen molar-refractivity contribution in [3.05, 3.63) is 64.6 Å². The minimum atomic E-state index is -3.07. The Morgan fingerprint density at radius 2 is 1.91 bits per heavy atom. The van der Waals surface area contributed by atoms with Gasteiger partial charge in [-0.1, -0.05) is 0 Å². The molecule has 4 rings (SSSR count). The van der Waals surface area contributed by atoms with Crippen LogP contribution in [0.25, 0.3) is 10.8 Å². The van der Waals surface area contributed by atoms with Crippen LogP contribution in [-0.4, -0.2) is 47.9 Å². The average molecular weight is 497 g/mol. The van der Waals surface area contributed by atoms with Gasteiger partial charge in [0, 0.05) is 23.7 Å². The molecule has 2 heterocycles. The van der Waals surface area contributed by atoms with Crippen LogP contribution in [0.2, 0.25) is 0 Å². The number of ether oxygens (including phenoxy) is 2. The van der Waals surface area contributed by atoms with Crippen LogP contribution in [0.1, 0.15) is 29.3 Å². The van der Waals surface area contributed by atoms with Crippen molar-refractivity contribution in [2.24, 2.45) is 0 Å². The molecule has 0 saturated carbocycles. The number of nitrogens with zero attached hydrogens (tertiary/aromatic N) is 2. The number of halogens is 5. The van der Waals surface area contributed by atoms with Crippen molar-refractivity contribution >= 4 is 22.5 Å². The Morgan fingerprint density at radius 3 is 2.60 bits per heavy atom. The summed E-state index contributed by atoms with van der Waals surface area (Å²) in [6, 6.07) is 3.11. The van der Waals surface area contributed by atoms with Gasteiger partial charge in [-0.05, 0) is 35.7 Å². The van der Waals surface area contributed by atoms with Crippen molar-refractivity contribution in [2.45, 2.75) is 19.1 Å². The van der Waals surface area contributed by atoms with Crippen molar-refractivity contribution in [1.29, 1.82) is 0 Å². The summed E-state index contributed by atoms with van der Waals surface area (Å²) in [5, 5.41) is 11.9. The highest BCUT2D eigenvalue weighted by Crippen LogP contribution is 2.39. The van der Waals surface area contributed by atoms with Gasteiger partial charge in [-0.15, -0.1) is 0 Å². The molecular weight excluding hydrogens is 477 g/mol. The van der Waals surface area contributed by atoms with E-state index >= 15 is 0 Å². The minimum absolute atomic E-state index is 0.00141. The van der Waals surface area contributed by atoms with Crippen LogP contribution in [0.4, 0.5) is 32.4 Å². The molecule has 2 amide bonds. The molecule has 1 aliphatic heterocycles. The van der Waals surface area contributed by atoms with E-state index in [0.717, 1.165) is 30.3 Å². The van der Waals surface area contributed by atoms with E-state index in [-0.39, 0.29) is 48.8 Å². The summed E-state index contributed by atoms with van der Waals surface area (Å²) in [6.07, 6.45) is -3.07. The van der Waals surface area contributed by atoms with Crippen LogP contribution >= 0.6 is 0 Å². The van der Waals surface area contributed by atoms with Gasteiger partial charge >= 0.3 is 6.03 Å². The quantitative estimate of drug-likeness (QED) is 0.483. The Morgan fingerprint density at radius 1 is 1.20 bits per heavy atom. The highest BCUT2D eigenvalue weighted by atomic mass is 19.3. The Hall–Kier alpha value is -3.51. The van der Waals surface area contributed by atoms with E-state index in [9.17, 15) is 26.7 Å². The topological polar surface area (TPSA) is 83.9 Å². The third-order valence-electron chi connectivity index (χ3n) is 5.58. The zero-order valence-electron chi connectivity index (χ0n) is 18.3. The lowest BCUT2D eigenvalue weighted by molar-refractivity contribution is 0.0523. The Balaban J connectivity index is 1.71. The number of carbonyl (C=O) groups excluding carboxylic acids is 1. The number of carbonyl (C=O) groups is 1. The first-order valence-electron chi connectivity index (χ1n) is 10.5. The Bertz CT molecular complexity index is 1270. The third kappa shape index (κ3) is 4.84. The molecule has 35 heavy (non-hydrogen) atoms.